The number of aromatic nitrogens is 3. The van der Waals surface area contributed by atoms with Gasteiger partial charge in [0.05, 0.1) is 11.4 Å². The summed E-state index contributed by atoms with van der Waals surface area (Å²) in [5.74, 6) is 6.56. The van der Waals surface area contributed by atoms with Crippen LogP contribution in [0.5, 0.6) is 11.5 Å². The number of benzene rings is 2. The quantitative estimate of drug-likeness (QED) is 0.495. The van der Waals surface area contributed by atoms with Crippen LogP contribution in [0.2, 0.25) is 0 Å². The van der Waals surface area contributed by atoms with E-state index in [2.05, 4.69) is 15.5 Å². The molecule has 0 bridgehead atoms. The van der Waals surface area contributed by atoms with Crippen molar-refractivity contribution in [2.45, 2.75) is 12.1 Å². The Morgan fingerprint density at radius 1 is 1.15 bits per heavy atom. The van der Waals surface area contributed by atoms with E-state index >= 15 is 0 Å². The van der Waals surface area contributed by atoms with Crippen molar-refractivity contribution in [3.05, 3.63) is 70.6 Å². The van der Waals surface area contributed by atoms with Crippen molar-refractivity contribution in [3.63, 3.8) is 0 Å². The van der Waals surface area contributed by atoms with Crippen molar-refractivity contribution >= 4 is 23.4 Å². The molecule has 0 atom stereocenters. The van der Waals surface area contributed by atoms with Gasteiger partial charge in [-0.2, -0.15) is 4.68 Å². The Balaban J connectivity index is 1.66. The normalized spacial score (nSPS) is 10.4. The maximum atomic E-state index is 12.3. The first kappa shape index (κ1) is 18.5. The van der Waals surface area contributed by atoms with Crippen molar-refractivity contribution in [2.75, 3.05) is 16.9 Å². The Hall–Kier alpha value is -3.33. The number of ether oxygens (including phenoxy) is 1. The zero-order chi connectivity index (χ0) is 19.2. The van der Waals surface area contributed by atoms with Gasteiger partial charge in [-0.25, -0.2) is 0 Å². The molecule has 27 heavy (non-hydrogen) atoms. The molecular weight excluding hydrogens is 366 g/mol. The van der Waals surface area contributed by atoms with E-state index < -0.39 is 5.56 Å². The lowest BCUT2D eigenvalue weighted by molar-refractivity contribution is -0.113. The monoisotopic (exact) mass is 383 g/mol. The van der Waals surface area contributed by atoms with Gasteiger partial charge in [0.25, 0.3) is 5.56 Å². The molecule has 1 heterocycles. The zero-order valence-electron chi connectivity index (χ0n) is 14.5. The number of hydrogen-bond donors (Lipinski definition) is 2. The zero-order valence-corrected chi connectivity index (χ0v) is 15.3. The minimum atomic E-state index is -0.450. The van der Waals surface area contributed by atoms with Gasteiger partial charge in [0.2, 0.25) is 11.1 Å². The number of aryl methyl sites for hydroxylation is 1. The van der Waals surface area contributed by atoms with E-state index in [9.17, 15) is 9.59 Å². The van der Waals surface area contributed by atoms with E-state index in [1.54, 1.807) is 18.2 Å². The molecule has 0 aliphatic rings. The van der Waals surface area contributed by atoms with Gasteiger partial charge in [-0.15, -0.1) is 10.2 Å². The molecule has 0 radical (unpaired) electrons. The Labute approximate surface area is 159 Å². The molecule has 1 amide bonds. The second-order valence-corrected chi connectivity index (χ2v) is 6.43. The topological polar surface area (TPSA) is 112 Å². The van der Waals surface area contributed by atoms with Crippen LogP contribution in [0.3, 0.4) is 0 Å². The standard InChI is InChI=1S/C18H17N5O3S/c1-12-17(25)23(19)18(22-21-12)27-11-16(24)20-14-9-5-6-10-15(14)26-13-7-3-2-4-8-13/h2-10H,11,19H2,1H3,(H,20,24). The third kappa shape index (κ3) is 4.64. The first-order chi connectivity index (χ1) is 13.0. The van der Waals surface area contributed by atoms with Gasteiger partial charge >= 0.3 is 0 Å². The van der Waals surface area contributed by atoms with Crippen LogP contribution in [0, 0.1) is 6.92 Å². The van der Waals surface area contributed by atoms with Crippen molar-refractivity contribution in [1.82, 2.24) is 14.9 Å². The maximum Gasteiger partial charge on any atom is 0.294 e. The van der Waals surface area contributed by atoms with Crippen LogP contribution in [-0.4, -0.2) is 26.5 Å². The summed E-state index contributed by atoms with van der Waals surface area (Å²) in [6, 6.07) is 16.4. The molecule has 1 aromatic heterocycles. The summed E-state index contributed by atoms with van der Waals surface area (Å²) in [7, 11) is 0. The van der Waals surface area contributed by atoms with E-state index in [1.165, 1.54) is 6.92 Å². The second kappa shape index (κ2) is 8.37. The van der Waals surface area contributed by atoms with Crippen LogP contribution in [0.25, 0.3) is 0 Å². The van der Waals surface area contributed by atoms with Crippen LogP contribution in [0.15, 0.2) is 64.5 Å². The lowest BCUT2D eigenvalue weighted by Crippen LogP contribution is -2.32. The van der Waals surface area contributed by atoms with Crippen LogP contribution in [0.1, 0.15) is 5.69 Å². The highest BCUT2D eigenvalue weighted by atomic mass is 32.2. The number of rotatable bonds is 6. The number of nitrogens with zero attached hydrogens (tertiary/aromatic N) is 3. The highest BCUT2D eigenvalue weighted by Gasteiger charge is 2.12. The van der Waals surface area contributed by atoms with Crippen molar-refractivity contribution < 1.29 is 9.53 Å². The Kier molecular flexibility index (Phi) is 5.72. The molecular formula is C18H17N5O3S. The van der Waals surface area contributed by atoms with E-state index in [0.29, 0.717) is 17.2 Å². The number of para-hydroxylation sites is 3. The van der Waals surface area contributed by atoms with Crippen molar-refractivity contribution in [3.8, 4) is 11.5 Å². The number of hydrogen-bond acceptors (Lipinski definition) is 7. The van der Waals surface area contributed by atoms with Crippen molar-refractivity contribution in [2.24, 2.45) is 0 Å². The number of carbonyl (C=O) groups is 1. The van der Waals surface area contributed by atoms with Crippen LogP contribution in [-0.2, 0) is 4.79 Å². The fraction of sp³-hybridized carbons (Fsp3) is 0.111. The molecule has 0 aliphatic carbocycles. The summed E-state index contributed by atoms with van der Waals surface area (Å²) in [5, 5.41) is 10.5. The Bertz CT molecular complexity index is 1010. The van der Waals surface area contributed by atoms with Gasteiger partial charge in [-0.05, 0) is 31.2 Å². The smallest absolute Gasteiger partial charge is 0.294 e. The summed E-state index contributed by atoms with van der Waals surface area (Å²) >= 11 is 1.02. The first-order valence-electron chi connectivity index (χ1n) is 8.00. The third-order valence-corrected chi connectivity index (χ3v) is 4.43. The van der Waals surface area contributed by atoms with Gasteiger partial charge in [-0.3, -0.25) is 9.59 Å². The molecule has 2 aromatic carbocycles. The van der Waals surface area contributed by atoms with Crippen LogP contribution >= 0.6 is 11.8 Å². The maximum absolute atomic E-state index is 12.3. The van der Waals surface area contributed by atoms with E-state index in [0.717, 1.165) is 16.4 Å². The number of carbonyl (C=O) groups excluding carboxylic acids is 1. The summed E-state index contributed by atoms with van der Waals surface area (Å²) in [5.41, 5.74) is 0.278. The molecule has 0 unspecified atom stereocenters. The lowest BCUT2D eigenvalue weighted by atomic mass is 10.3. The summed E-state index contributed by atoms with van der Waals surface area (Å²) in [6.45, 7) is 1.52. The minimum absolute atomic E-state index is 0.00799. The number of nitrogens with two attached hydrogens (primary N) is 1. The highest BCUT2D eigenvalue weighted by molar-refractivity contribution is 7.99. The Morgan fingerprint density at radius 3 is 2.63 bits per heavy atom. The van der Waals surface area contributed by atoms with Gasteiger partial charge in [0.15, 0.2) is 5.75 Å². The molecule has 0 aliphatic heterocycles. The molecule has 3 aromatic rings. The fourth-order valence-corrected chi connectivity index (χ4v) is 2.81. The lowest BCUT2D eigenvalue weighted by Gasteiger charge is -2.12. The predicted molar refractivity (Wildman–Crippen MR) is 103 cm³/mol. The number of nitrogen functional groups attached to an aromatic ring is 1. The largest absolute Gasteiger partial charge is 0.455 e. The Morgan fingerprint density at radius 2 is 1.85 bits per heavy atom. The average Bonchev–Trinajstić information content (AvgIpc) is 2.68. The highest BCUT2D eigenvalue weighted by Crippen LogP contribution is 2.29. The van der Waals surface area contributed by atoms with E-state index in [4.69, 9.17) is 10.6 Å². The van der Waals surface area contributed by atoms with Gasteiger partial charge in [0.1, 0.15) is 11.4 Å². The molecule has 0 saturated carbocycles. The molecule has 0 fully saturated rings. The van der Waals surface area contributed by atoms with Crippen LogP contribution < -0.4 is 21.5 Å². The third-order valence-electron chi connectivity index (χ3n) is 3.48. The van der Waals surface area contributed by atoms with E-state index in [1.807, 2.05) is 36.4 Å². The summed E-state index contributed by atoms with van der Waals surface area (Å²) in [6.07, 6.45) is 0. The van der Waals surface area contributed by atoms with Gasteiger partial charge < -0.3 is 15.9 Å². The second-order valence-electron chi connectivity index (χ2n) is 5.49. The average molecular weight is 383 g/mol. The molecule has 9 heteroatoms. The fourth-order valence-electron chi connectivity index (χ4n) is 2.16. The van der Waals surface area contributed by atoms with Crippen LogP contribution in [0.4, 0.5) is 5.69 Å². The molecule has 138 valence electrons. The minimum Gasteiger partial charge on any atom is -0.455 e. The SMILES string of the molecule is Cc1nnc(SCC(=O)Nc2ccccc2Oc2ccccc2)n(N)c1=O. The van der Waals surface area contributed by atoms with Gasteiger partial charge in [-0.1, -0.05) is 42.1 Å². The molecule has 8 nitrogen and oxygen atoms in total. The van der Waals surface area contributed by atoms with Crippen molar-refractivity contribution in [1.29, 1.82) is 0 Å². The van der Waals surface area contributed by atoms with Gasteiger partial charge in [0, 0.05) is 0 Å². The predicted octanol–water partition coefficient (Wildman–Crippen LogP) is 2.18. The number of anilines is 1. The molecule has 0 spiro atoms. The first-order valence-corrected chi connectivity index (χ1v) is 8.99. The summed E-state index contributed by atoms with van der Waals surface area (Å²) < 4.78 is 6.69. The molecule has 3 N–H and O–H groups in total. The molecule has 3 rings (SSSR count). The summed E-state index contributed by atoms with van der Waals surface area (Å²) in [4.78, 5) is 24.0. The number of thioether (sulfide) groups is 1. The number of amides is 1. The van der Waals surface area contributed by atoms with E-state index in [-0.39, 0.29) is 22.5 Å². The number of nitrogens with one attached hydrogen (secondary N) is 1. The molecule has 0 saturated heterocycles.